The number of aromatic hydroxyl groups is 1. The lowest BCUT2D eigenvalue weighted by Gasteiger charge is -2.07. The van der Waals surface area contributed by atoms with Gasteiger partial charge in [-0.1, -0.05) is 11.6 Å². The molecular weight excluding hydrogens is 194 g/mol. The lowest BCUT2D eigenvalue weighted by Crippen LogP contribution is -2.00. The topological polar surface area (TPSA) is 64.7 Å². The lowest BCUT2D eigenvalue weighted by atomic mass is 10.2. The molecule has 1 aromatic carbocycles. The average Bonchev–Trinajstić information content (AvgIpc) is 2.10. The molecule has 0 unspecified atom stereocenters. The van der Waals surface area contributed by atoms with Crippen molar-refractivity contribution in [2.45, 2.75) is 6.61 Å². The zero-order chi connectivity index (χ0) is 9.84. The largest absolute Gasteiger partial charge is 0.504 e. The van der Waals surface area contributed by atoms with E-state index in [1.807, 2.05) is 0 Å². The molecule has 0 aliphatic rings. The first-order chi connectivity index (χ1) is 6.19. The van der Waals surface area contributed by atoms with Crippen LogP contribution in [0.25, 0.3) is 0 Å². The SMILES string of the molecule is COc1cc(CON)c(Cl)cc1O. The van der Waals surface area contributed by atoms with Crippen LogP contribution in [0.1, 0.15) is 5.56 Å². The fourth-order valence-electron chi connectivity index (χ4n) is 0.949. The van der Waals surface area contributed by atoms with Crippen LogP contribution in [0, 0.1) is 0 Å². The molecule has 0 radical (unpaired) electrons. The Morgan fingerprint density at radius 2 is 2.23 bits per heavy atom. The van der Waals surface area contributed by atoms with Gasteiger partial charge >= 0.3 is 0 Å². The van der Waals surface area contributed by atoms with Gasteiger partial charge in [-0.25, -0.2) is 5.90 Å². The van der Waals surface area contributed by atoms with Crippen LogP contribution in [0.15, 0.2) is 12.1 Å². The summed E-state index contributed by atoms with van der Waals surface area (Å²) in [5.74, 6) is 5.23. The molecule has 0 aromatic heterocycles. The first kappa shape index (κ1) is 10.1. The van der Waals surface area contributed by atoms with Crippen molar-refractivity contribution < 1.29 is 14.7 Å². The molecule has 0 saturated heterocycles. The summed E-state index contributed by atoms with van der Waals surface area (Å²) in [6, 6.07) is 2.96. The first-order valence-electron chi connectivity index (χ1n) is 3.56. The summed E-state index contributed by atoms with van der Waals surface area (Å²) in [7, 11) is 1.45. The average molecular weight is 204 g/mol. The fraction of sp³-hybridized carbons (Fsp3) is 0.250. The summed E-state index contributed by atoms with van der Waals surface area (Å²) < 4.78 is 4.88. The maximum Gasteiger partial charge on any atom is 0.160 e. The van der Waals surface area contributed by atoms with Crippen molar-refractivity contribution in [2.24, 2.45) is 5.90 Å². The Morgan fingerprint density at radius 3 is 2.77 bits per heavy atom. The van der Waals surface area contributed by atoms with Crippen LogP contribution in [0.5, 0.6) is 11.5 Å². The molecule has 1 aromatic rings. The van der Waals surface area contributed by atoms with Gasteiger partial charge in [-0.3, -0.25) is 4.84 Å². The number of halogens is 1. The molecule has 0 saturated carbocycles. The van der Waals surface area contributed by atoms with Gasteiger partial charge in [0.05, 0.1) is 18.7 Å². The monoisotopic (exact) mass is 203 g/mol. The van der Waals surface area contributed by atoms with Crippen LogP contribution >= 0.6 is 11.6 Å². The van der Waals surface area contributed by atoms with Crippen LogP contribution in [0.4, 0.5) is 0 Å². The standard InChI is InChI=1S/C8H10ClNO3/c1-12-8-2-5(4-13-10)6(9)3-7(8)11/h2-3,11H,4,10H2,1H3. The molecule has 0 aliphatic carbocycles. The van der Waals surface area contributed by atoms with Crippen LogP contribution in [0.3, 0.4) is 0 Å². The Labute approximate surface area is 80.8 Å². The van der Waals surface area contributed by atoms with Gasteiger partial charge in [-0.15, -0.1) is 0 Å². The molecule has 1 rings (SSSR count). The van der Waals surface area contributed by atoms with Gasteiger partial charge in [0, 0.05) is 11.6 Å². The molecule has 0 atom stereocenters. The van der Waals surface area contributed by atoms with Crippen LogP contribution in [-0.4, -0.2) is 12.2 Å². The Kier molecular flexibility index (Phi) is 3.36. The maximum absolute atomic E-state index is 9.30. The van der Waals surface area contributed by atoms with Crippen molar-refractivity contribution in [1.82, 2.24) is 0 Å². The van der Waals surface area contributed by atoms with Gasteiger partial charge in [-0.05, 0) is 6.07 Å². The van der Waals surface area contributed by atoms with Gasteiger partial charge in [0.2, 0.25) is 0 Å². The smallest absolute Gasteiger partial charge is 0.160 e. The highest BCUT2D eigenvalue weighted by Gasteiger charge is 2.07. The molecule has 0 spiro atoms. The third kappa shape index (κ3) is 2.24. The van der Waals surface area contributed by atoms with E-state index >= 15 is 0 Å². The summed E-state index contributed by atoms with van der Waals surface area (Å²) in [5.41, 5.74) is 0.666. The van der Waals surface area contributed by atoms with Crippen molar-refractivity contribution in [3.63, 3.8) is 0 Å². The first-order valence-corrected chi connectivity index (χ1v) is 3.94. The second-order valence-electron chi connectivity index (χ2n) is 2.43. The highest BCUT2D eigenvalue weighted by atomic mass is 35.5. The Morgan fingerprint density at radius 1 is 1.54 bits per heavy atom. The molecule has 3 N–H and O–H groups in total. The van der Waals surface area contributed by atoms with Crippen molar-refractivity contribution in [2.75, 3.05) is 7.11 Å². The fourth-order valence-corrected chi connectivity index (χ4v) is 1.16. The number of phenolic OH excluding ortho intramolecular Hbond substituents is 1. The van der Waals surface area contributed by atoms with E-state index in [2.05, 4.69) is 4.84 Å². The molecule has 0 aliphatic heterocycles. The van der Waals surface area contributed by atoms with E-state index in [1.165, 1.54) is 13.2 Å². The van der Waals surface area contributed by atoms with Crippen molar-refractivity contribution in [1.29, 1.82) is 0 Å². The molecular formula is C8H10ClNO3. The number of hydrogen-bond acceptors (Lipinski definition) is 4. The molecule has 0 fully saturated rings. The predicted octanol–water partition coefficient (Wildman–Crippen LogP) is 1.44. The number of nitrogens with two attached hydrogens (primary N) is 1. The van der Waals surface area contributed by atoms with Crippen LogP contribution in [-0.2, 0) is 11.4 Å². The summed E-state index contributed by atoms with van der Waals surface area (Å²) in [4.78, 5) is 4.43. The third-order valence-electron chi connectivity index (χ3n) is 1.59. The quantitative estimate of drug-likeness (QED) is 0.730. The summed E-state index contributed by atoms with van der Waals surface area (Å²) in [6.45, 7) is 0.176. The minimum Gasteiger partial charge on any atom is -0.504 e. The Balaban J connectivity index is 3.06. The van der Waals surface area contributed by atoms with Gasteiger partial charge in [-0.2, -0.15) is 0 Å². The number of benzene rings is 1. The van der Waals surface area contributed by atoms with Crippen molar-refractivity contribution in [3.8, 4) is 11.5 Å². The minimum atomic E-state index is -0.00623. The number of methoxy groups -OCH3 is 1. The normalized spacial score (nSPS) is 10.1. The molecule has 0 bridgehead atoms. The van der Waals surface area contributed by atoms with Gasteiger partial charge in [0.1, 0.15) is 0 Å². The minimum absolute atomic E-state index is 0.00623. The van der Waals surface area contributed by atoms with Crippen LogP contribution < -0.4 is 10.6 Å². The Hall–Kier alpha value is -0.970. The molecule has 13 heavy (non-hydrogen) atoms. The van der Waals surface area contributed by atoms with E-state index in [1.54, 1.807) is 6.07 Å². The van der Waals surface area contributed by atoms with E-state index < -0.39 is 0 Å². The van der Waals surface area contributed by atoms with E-state index in [9.17, 15) is 5.11 Å². The zero-order valence-electron chi connectivity index (χ0n) is 7.08. The number of hydrogen-bond donors (Lipinski definition) is 2. The van der Waals surface area contributed by atoms with Gasteiger partial charge < -0.3 is 9.84 Å². The van der Waals surface area contributed by atoms with Gasteiger partial charge in [0.25, 0.3) is 0 Å². The second-order valence-corrected chi connectivity index (χ2v) is 2.83. The lowest BCUT2D eigenvalue weighted by molar-refractivity contribution is 0.124. The summed E-state index contributed by atoms with van der Waals surface area (Å²) in [6.07, 6.45) is 0. The highest BCUT2D eigenvalue weighted by Crippen LogP contribution is 2.32. The summed E-state index contributed by atoms with van der Waals surface area (Å²) >= 11 is 5.79. The highest BCUT2D eigenvalue weighted by molar-refractivity contribution is 6.31. The zero-order valence-corrected chi connectivity index (χ0v) is 7.84. The second kappa shape index (κ2) is 4.32. The van der Waals surface area contributed by atoms with Crippen molar-refractivity contribution >= 4 is 11.6 Å². The Bertz CT molecular complexity index is 304. The number of phenols is 1. The van der Waals surface area contributed by atoms with E-state index in [0.29, 0.717) is 16.3 Å². The van der Waals surface area contributed by atoms with E-state index in [0.717, 1.165) is 0 Å². The maximum atomic E-state index is 9.30. The van der Waals surface area contributed by atoms with Crippen LogP contribution in [0.2, 0.25) is 5.02 Å². The molecule has 5 heteroatoms. The molecule has 72 valence electrons. The number of ether oxygens (including phenoxy) is 1. The number of rotatable bonds is 3. The predicted molar refractivity (Wildman–Crippen MR) is 48.6 cm³/mol. The van der Waals surface area contributed by atoms with E-state index in [4.69, 9.17) is 22.2 Å². The van der Waals surface area contributed by atoms with Gasteiger partial charge in [0.15, 0.2) is 11.5 Å². The summed E-state index contributed by atoms with van der Waals surface area (Å²) in [5, 5.41) is 9.69. The van der Waals surface area contributed by atoms with E-state index in [-0.39, 0.29) is 12.4 Å². The third-order valence-corrected chi connectivity index (χ3v) is 1.94. The van der Waals surface area contributed by atoms with Crippen molar-refractivity contribution in [3.05, 3.63) is 22.7 Å². The molecule has 0 amide bonds. The molecule has 4 nitrogen and oxygen atoms in total. The molecule has 0 heterocycles.